The van der Waals surface area contributed by atoms with Crippen LogP contribution in [-0.4, -0.2) is 32.6 Å². The molecule has 0 saturated carbocycles. The van der Waals surface area contributed by atoms with Gasteiger partial charge in [0.05, 0.1) is 6.61 Å². The summed E-state index contributed by atoms with van der Waals surface area (Å²) in [6.45, 7) is 8.35. The number of aryl methyl sites for hydroxylation is 1. The number of rotatable bonds is 9. The molecule has 3 N–H and O–H groups in total. The van der Waals surface area contributed by atoms with E-state index in [4.69, 9.17) is 4.74 Å². The van der Waals surface area contributed by atoms with Crippen LogP contribution in [0, 0.1) is 12.8 Å². The first kappa shape index (κ1) is 23.3. The second kappa shape index (κ2) is 11.9. The smallest absolute Gasteiger partial charge is 0.251 e. The van der Waals surface area contributed by atoms with Crippen molar-refractivity contribution in [1.29, 1.82) is 0 Å². The molecule has 30 heavy (non-hydrogen) atoms. The molecule has 0 radical (unpaired) electrons. The maximum atomic E-state index is 11.8. The third-order valence-corrected chi connectivity index (χ3v) is 4.72. The minimum atomic E-state index is -0.0938. The average Bonchev–Trinajstić information content (AvgIpc) is 2.74. The van der Waals surface area contributed by atoms with Gasteiger partial charge in [0.1, 0.15) is 5.75 Å². The molecule has 2 aromatic carbocycles. The second-order valence-electron chi connectivity index (χ2n) is 7.70. The van der Waals surface area contributed by atoms with E-state index in [0.29, 0.717) is 37.1 Å². The number of nitrogens with one attached hydrogen (secondary N) is 3. The Morgan fingerprint density at radius 3 is 2.57 bits per heavy atom. The molecule has 6 nitrogen and oxygen atoms in total. The van der Waals surface area contributed by atoms with Crippen molar-refractivity contribution in [3.05, 3.63) is 64.7 Å². The van der Waals surface area contributed by atoms with E-state index >= 15 is 0 Å². The molecule has 0 heterocycles. The van der Waals surface area contributed by atoms with Gasteiger partial charge < -0.3 is 20.7 Å². The number of ether oxygens (including phenoxy) is 1. The molecule has 0 aliphatic rings. The number of hydrogen-bond acceptors (Lipinski definition) is 3. The van der Waals surface area contributed by atoms with Crippen molar-refractivity contribution in [3.8, 4) is 5.75 Å². The Morgan fingerprint density at radius 2 is 1.87 bits per heavy atom. The minimum Gasteiger partial charge on any atom is -0.493 e. The van der Waals surface area contributed by atoms with Crippen LogP contribution < -0.4 is 20.7 Å². The summed E-state index contributed by atoms with van der Waals surface area (Å²) in [7, 11) is 3.37. The Hall–Kier alpha value is -3.02. The Morgan fingerprint density at radius 1 is 1.10 bits per heavy atom. The zero-order valence-corrected chi connectivity index (χ0v) is 18.7. The first-order valence-corrected chi connectivity index (χ1v) is 10.4. The Kier molecular flexibility index (Phi) is 9.19. The van der Waals surface area contributed by atoms with Crippen molar-refractivity contribution in [1.82, 2.24) is 16.0 Å². The van der Waals surface area contributed by atoms with Crippen LogP contribution in [0.4, 0.5) is 0 Å². The maximum Gasteiger partial charge on any atom is 0.251 e. The van der Waals surface area contributed by atoms with E-state index in [1.165, 1.54) is 5.56 Å². The number of hydrogen-bond donors (Lipinski definition) is 3. The summed E-state index contributed by atoms with van der Waals surface area (Å²) in [5.74, 6) is 2.12. The van der Waals surface area contributed by atoms with Crippen molar-refractivity contribution < 1.29 is 9.53 Å². The van der Waals surface area contributed by atoms with Gasteiger partial charge in [-0.3, -0.25) is 9.79 Å². The van der Waals surface area contributed by atoms with Gasteiger partial charge in [-0.15, -0.1) is 0 Å². The van der Waals surface area contributed by atoms with Gasteiger partial charge in [0, 0.05) is 38.3 Å². The first-order chi connectivity index (χ1) is 14.4. The highest BCUT2D eigenvalue weighted by Gasteiger charge is 2.08. The SMILES string of the molecule is CN=C(NCc1cccc(C(=O)NC)c1)NCc1ccc(C)cc1OCCC(C)C. The summed E-state index contributed by atoms with van der Waals surface area (Å²) < 4.78 is 6.03. The van der Waals surface area contributed by atoms with Crippen LogP contribution in [0.15, 0.2) is 47.5 Å². The van der Waals surface area contributed by atoms with E-state index < -0.39 is 0 Å². The molecule has 2 aromatic rings. The number of aliphatic imine (C=N–C) groups is 1. The molecule has 0 fully saturated rings. The molecule has 0 aromatic heterocycles. The van der Waals surface area contributed by atoms with Gasteiger partial charge >= 0.3 is 0 Å². The third-order valence-electron chi connectivity index (χ3n) is 4.72. The lowest BCUT2D eigenvalue weighted by Crippen LogP contribution is -2.36. The third kappa shape index (κ3) is 7.43. The lowest BCUT2D eigenvalue weighted by atomic mass is 10.1. The molecular formula is C24H34N4O2. The molecule has 6 heteroatoms. The van der Waals surface area contributed by atoms with Crippen molar-refractivity contribution >= 4 is 11.9 Å². The first-order valence-electron chi connectivity index (χ1n) is 10.4. The van der Waals surface area contributed by atoms with Gasteiger partial charge in [-0.1, -0.05) is 38.1 Å². The van der Waals surface area contributed by atoms with Crippen LogP contribution in [0.1, 0.15) is 47.3 Å². The molecule has 2 rings (SSSR count). The fourth-order valence-corrected chi connectivity index (χ4v) is 2.90. The Balaban J connectivity index is 1.95. The predicted octanol–water partition coefficient (Wildman–Crippen LogP) is 3.64. The average molecular weight is 411 g/mol. The van der Waals surface area contributed by atoms with Gasteiger partial charge in [0.15, 0.2) is 5.96 Å². The van der Waals surface area contributed by atoms with E-state index in [-0.39, 0.29) is 5.91 Å². The largest absolute Gasteiger partial charge is 0.493 e. The summed E-state index contributed by atoms with van der Waals surface area (Å²) in [5.41, 5.74) is 3.92. The monoisotopic (exact) mass is 410 g/mol. The Labute approximate surface area is 180 Å². The Bertz CT molecular complexity index is 862. The number of carbonyl (C=O) groups is 1. The summed E-state index contributed by atoms with van der Waals surface area (Å²) in [6.07, 6.45) is 1.03. The van der Waals surface area contributed by atoms with Gasteiger partial charge in [0.25, 0.3) is 5.91 Å². The fraction of sp³-hybridized carbons (Fsp3) is 0.417. The topological polar surface area (TPSA) is 74.8 Å². The minimum absolute atomic E-state index is 0.0938. The van der Waals surface area contributed by atoms with Crippen LogP contribution in [0.25, 0.3) is 0 Å². The van der Waals surface area contributed by atoms with Crippen LogP contribution in [0.5, 0.6) is 5.75 Å². The number of amides is 1. The number of nitrogens with zero attached hydrogens (tertiary/aromatic N) is 1. The molecule has 0 spiro atoms. The number of benzene rings is 2. The highest BCUT2D eigenvalue weighted by molar-refractivity contribution is 5.94. The molecule has 1 amide bonds. The number of carbonyl (C=O) groups excluding carboxylic acids is 1. The lowest BCUT2D eigenvalue weighted by Gasteiger charge is -2.16. The normalized spacial score (nSPS) is 11.3. The summed E-state index contributed by atoms with van der Waals surface area (Å²) in [4.78, 5) is 16.1. The molecule has 0 aliphatic heterocycles. The van der Waals surface area contributed by atoms with Gasteiger partial charge in [-0.25, -0.2) is 0 Å². The van der Waals surface area contributed by atoms with Gasteiger partial charge in [0.2, 0.25) is 0 Å². The van der Waals surface area contributed by atoms with E-state index in [1.807, 2.05) is 18.2 Å². The standard InChI is InChI=1S/C24H34N4O2/c1-17(2)11-12-30-22-13-18(3)9-10-21(22)16-28-24(26-5)27-15-19-7-6-8-20(14-19)23(29)25-4/h6-10,13-14,17H,11-12,15-16H2,1-5H3,(H,25,29)(H2,26,27,28). The summed E-state index contributed by atoms with van der Waals surface area (Å²) in [5, 5.41) is 9.28. The van der Waals surface area contributed by atoms with E-state index in [2.05, 4.69) is 59.9 Å². The highest BCUT2D eigenvalue weighted by atomic mass is 16.5. The maximum absolute atomic E-state index is 11.8. The number of guanidine groups is 1. The van der Waals surface area contributed by atoms with Gasteiger partial charge in [-0.05, 0) is 48.6 Å². The zero-order chi connectivity index (χ0) is 21.9. The molecular weight excluding hydrogens is 376 g/mol. The van der Waals surface area contributed by atoms with Crippen molar-refractivity contribution in [2.45, 2.75) is 40.3 Å². The van der Waals surface area contributed by atoms with E-state index in [9.17, 15) is 4.79 Å². The molecule has 0 unspecified atom stereocenters. The van der Waals surface area contributed by atoms with E-state index in [1.54, 1.807) is 20.2 Å². The molecule has 0 saturated heterocycles. The van der Waals surface area contributed by atoms with Gasteiger partial charge in [-0.2, -0.15) is 0 Å². The highest BCUT2D eigenvalue weighted by Crippen LogP contribution is 2.21. The fourth-order valence-electron chi connectivity index (χ4n) is 2.90. The van der Waals surface area contributed by atoms with E-state index in [0.717, 1.165) is 23.3 Å². The molecule has 0 atom stereocenters. The molecule has 0 bridgehead atoms. The van der Waals surface area contributed by atoms with Crippen molar-refractivity contribution in [2.75, 3.05) is 20.7 Å². The molecule has 0 aliphatic carbocycles. The lowest BCUT2D eigenvalue weighted by molar-refractivity contribution is 0.0963. The van der Waals surface area contributed by atoms with Crippen molar-refractivity contribution in [3.63, 3.8) is 0 Å². The van der Waals surface area contributed by atoms with Crippen LogP contribution in [0.2, 0.25) is 0 Å². The summed E-state index contributed by atoms with van der Waals surface area (Å²) >= 11 is 0. The predicted molar refractivity (Wildman–Crippen MR) is 123 cm³/mol. The van der Waals surface area contributed by atoms with Crippen LogP contribution >= 0.6 is 0 Å². The quantitative estimate of drug-likeness (QED) is 0.436. The van der Waals surface area contributed by atoms with Crippen LogP contribution in [-0.2, 0) is 13.1 Å². The summed E-state index contributed by atoms with van der Waals surface area (Å²) in [6, 6.07) is 13.8. The molecule has 162 valence electrons. The van der Waals surface area contributed by atoms with Crippen LogP contribution in [0.3, 0.4) is 0 Å². The van der Waals surface area contributed by atoms with Crippen molar-refractivity contribution in [2.24, 2.45) is 10.9 Å². The second-order valence-corrected chi connectivity index (χ2v) is 7.70. The zero-order valence-electron chi connectivity index (χ0n) is 18.7.